The first kappa shape index (κ1) is 16.3. The van der Waals surface area contributed by atoms with Crippen LogP contribution in [0.2, 0.25) is 10.0 Å². The SMILES string of the molecule is CNC1CCC(C)(C)CC1S(=O)c1ccc(Cl)c(Cl)c1. The summed E-state index contributed by atoms with van der Waals surface area (Å²) in [6, 6.07) is 5.56. The van der Waals surface area contributed by atoms with E-state index in [4.69, 9.17) is 23.2 Å². The van der Waals surface area contributed by atoms with E-state index in [2.05, 4.69) is 19.2 Å². The molecule has 1 saturated carbocycles. The Morgan fingerprint density at radius 2 is 2.00 bits per heavy atom. The van der Waals surface area contributed by atoms with Crippen LogP contribution in [0, 0.1) is 5.41 Å². The minimum Gasteiger partial charge on any atom is -0.316 e. The Hall–Kier alpha value is -0.0900. The average molecular weight is 334 g/mol. The van der Waals surface area contributed by atoms with Crippen LogP contribution in [-0.4, -0.2) is 22.5 Å². The molecule has 2 nitrogen and oxygen atoms in total. The lowest BCUT2D eigenvalue weighted by Gasteiger charge is -2.40. The molecule has 1 fully saturated rings. The highest BCUT2D eigenvalue weighted by Crippen LogP contribution is 2.39. The highest BCUT2D eigenvalue weighted by Gasteiger charge is 2.37. The van der Waals surface area contributed by atoms with Crippen molar-refractivity contribution < 1.29 is 4.21 Å². The first-order chi connectivity index (χ1) is 9.34. The largest absolute Gasteiger partial charge is 0.316 e. The molecule has 0 bridgehead atoms. The Labute approximate surface area is 133 Å². The average Bonchev–Trinajstić information content (AvgIpc) is 2.40. The van der Waals surface area contributed by atoms with Crippen molar-refractivity contribution in [2.45, 2.75) is 49.3 Å². The monoisotopic (exact) mass is 333 g/mol. The third kappa shape index (κ3) is 3.56. The van der Waals surface area contributed by atoms with Gasteiger partial charge in [0.2, 0.25) is 0 Å². The summed E-state index contributed by atoms with van der Waals surface area (Å²) < 4.78 is 12.9. The summed E-state index contributed by atoms with van der Waals surface area (Å²) in [5.41, 5.74) is 0.240. The summed E-state index contributed by atoms with van der Waals surface area (Å²) in [4.78, 5) is 0.766. The quantitative estimate of drug-likeness (QED) is 0.894. The highest BCUT2D eigenvalue weighted by molar-refractivity contribution is 7.85. The van der Waals surface area contributed by atoms with Crippen LogP contribution in [0.3, 0.4) is 0 Å². The Kier molecular flexibility index (Phi) is 5.17. The molecule has 112 valence electrons. The molecule has 20 heavy (non-hydrogen) atoms. The Balaban J connectivity index is 2.26. The first-order valence-electron chi connectivity index (χ1n) is 6.87. The van der Waals surface area contributed by atoms with Crippen LogP contribution >= 0.6 is 23.2 Å². The molecule has 0 heterocycles. The maximum atomic E-state index is 12.9. The van der Waals surface area contributed by atoms with Crippen molar-refractivity contribution in [1.82, 2.24) is 5.32 Å². The zero-order chi connectivity index (χ0) is 14.9. The number of benzene rings is 1. The molecule has 3 atom stereocenters. The predicted octanol–water partition coefficient (Wildman–Crippen LogP) is 4.27. The molecule has 0 amide bonds. The van der Waals surface area contributed by atoms with Crippen molar-refractivity contribution in [1.29, 1.82) is 0 Å². The molecule has 2 rings (SSSR count). The van der Waals surface area contributed by atoms with Crippen molar-refractivity contribution in [3.8, 4) is 0 Å². The van der Waals surface area contributed by atoms with Crippen LogP contribution in [0.4, 0.5) is 0 Å². The van der Waals surface area contributed by atoms with Crippen molar-refractivity contribution in [2.75, 3.05) is 7.05 Å². The number of rotatable bonds is 3. The second-order valence-corrected chi connectivity index (χ2v) is 8.70. The van der Waals surface area contributed by atoms with E-state index < -0.39 is 10.8 Å². The molecular formula is C15H21Cl2NOS. The number of halogens is 2. The Bertz CT molecular complexity index is 519. The van der Waals surface area contributed by atoms with Crippen LogP contribution in [0.1, 0.15) is 33.1 Å². The van der Waals surface area contributed by atoms with E-state index in [-0.39, 0.29) is 10.7 Å². The molecule has 1 N–H and O–H groups in total. The van der Waals surface area contributed by atoms with Gasteiger partial charge in [-0.1, -0.05) is 37.0 Å². The van der Waals surface area contributed by atoms with Crippen molar-refractivity contribution in [3.63, 3.8) is 0 Å². The molecule has 1 aromatic carbocycles. The molecule has 0 spiro atoms. The summed E-state index contributed by atoms with van der Waals surface area (Å²) in [7, 11) is 0.876. The van der Waals surface area contributed by atoms with Gasteiger partial charge in [-0.3, -0.25) is 4.21 Å². The van der Waals surface area contributed by atoms with E-state index >= 15 is 0 Å². The zero-order valence-corrected chi connectivity index (χ0v) is 14.4. The van der Waals surface area contributed by atoms with Gasteiger partial charge in [-0.25, -0.2) is 0 Å². The number of nitrogens with one attached hydrogen (secondary N) is 1. The van der Waals surface area contributed by atoms with Gasteiger partial charge < -0.3 is 5.32 Å². The standard InChI is InChI=1S/C15H21Cl2NOS/c1-15(2)7-6-13(18-3)14(9-15)20(19)10-4-5-11(16)12(17)8-10/h4-5,8,13-14,18H,6-7,9H2,1-3H3. The van der Waals surface area contributed by atoms with Gasteiger partial charge in [0.1, 0.15) is 0 Å². The summed E-state index contributed by atoms with van der Waals surface area (Å²) in [5.74, 6) is 0. The van der Waals surface area contributed by atoms with Gasteiger partial charge in [0.05, 0.1) is 26.1 Å². The fourth-order valence-corrected chi connectivity index (χ4v) is 5.17. The van der Waals surface area contributed by atoms with Gasteiger partial charge in [-0.15, -0.1) is 0 Å². The van der Waals surface area contributed by atoms with Crippen LogP contribution < -0.4 is 5.32 Å². The molecular weight excluding hydrogens is 313 g/mol. The van der Waals surface area contributed by atoms with E-state index in [1.807, 2.05) is 13.1 Å². The molecule has 3 unspecified atom stereocenters. The second kappa shape index (κ2) is 6.35. The Morgan fingerprint density at radius 3 is 2.60 bits per heavy atom. The molecule has 1 aromatic rings. The molecule has 0 aromatic heterocycles. The van der Waals surface area contributed by atoms with E-state index in [9.17, 15) is 4.21 Å². The van der Waals surface area contributed by atoms with Crippen LogP contribution in [0.5, 0.6) is 0 Å². The van der Waals surface area contributed by atoms with Crippen LogP contribution in [0.25, 0.3) is 0 Å². The summed E-state index contributed by atoms with van der Waals surface area (Å²) in [5, 5.41) is 4.40. The van der Waals surface area contributed by atoms with E-state index in [1.54, 1.807) is 12.1 Å². The van der Waals surface area contributed by atoms with Crippen LogP contribution in [-0.2, 0) is 10.8 Å². The minimum atomic E-state index is -1.07. The lowest BCUT2D eigenvalue weighted by molar-refractivity contribution is 0.216. The molecule has 5 heteroatoms. The molecule has 1 aliphatic carbocycles. The smallest absolute Gasteiger partial charge is 0.0604 e. The molecule has 0 saturated heterocycles. The summed E-state index contributed by atoms with van der Waals surface area (Å²) in [6.45, 7) is 4.50. The molecule has 0 radical (unpaired) electrons. The van der Waals surface area contributed by atoms with Crippen molar-refractivity contribution in [3.05, 3.63) is 28.2 Å². The van der Waals surface area contributed by atoms with Crippen molar-refractivity contribution in [2.24, 2.45) is 5.41 Å². The highest BCUT2D eigenvalue weighted by atomic mass is 35.5. The van der Waals surface area contributed by atoms with Gasteiger partial charge in [-0.2, -0.15) is 0 Å². The number of hydrogen-bond donors (Lipinski definition) is 1. The van der Waals surface area contributed by atoms with Gasteiger partial charge in [0.25, 0.3) is 0 Å². The minimum absolute atomic E-state index is 0.112. The third-order valence-corrected chi connectivity index (χ3v) is 6.61. The fraction of sp³-hybridized carbons (Fsp3) is 0.600. The van der Waals surface area contributed by atoms with Crippen molar-refractivity contribution >= 4 is 34.0 Å². The van der Waals surface area contributed by atoms with Gasteiger partial charge in [0, 0.05) is 10.9 Å². The predicted molar refractivity (Wildman–Crippen MR) is 87.1 cm³/mol. The summed E-state index contributed by atoms with van der Waals surface area (Å²) in [6.07, 6.45) is 3.17. The van der Waals surface area contributed by atoms with Gasteiger partial charge in [0.15, 0.2) is 0 Å². The van der Waals surface area contributed by atoms with E-state index in [0.717, 1.165) is 24.2 Å². The van der Waals surface area contributed by atoms with Gasteiger partial charge >= 0.3 is 0 Å². The van der Waals surface area contributed by atoms with Crippen LogP contribution in [0.15, 0.2) is 23.1 Å². The number of hydrogen-bond acceptors (Lipinski definition) is 2. The second-order valence-electron chi connectivity index (χ2n) is 6.21. The fourth-order valence-electron chi connectivity index (χ4n) is 2.85. The third-order valence-electron chi connectivity index (χ3n) is 4.10. The molecule has 1 aliphatic rings. The molecule has 0 aliphatic heterocycles. The first-order valence-corrected chi connectivity index (χ1v) is 8.84. The maximum Gasteiger partial charge on any atom is 0.0604 e. The summed E-state index contributed by atoms with van der Waals surface area (Å²) >= 11 is 12.0. The zero-order valence-electron chi connectivity index (χ0n) is 12.1. The topological polar surface area (TPSA) is 29.1 Å². The van der Waals surface area contributed by atoms with E-state index in [1.165, 1.54) is 0 Å². The lowest BCUT2D eigenvalue weighted by Crippen LogP contribution is -2.47. The lowest BCUT2D eigenvalue weighted by atomic mass is 9.75. The maximum absolute atomic E-state index is 12.9. The van der Waals surface area contributed by atoms with Gasteiger partial charge in [-0.05, 0) is 49.9 Å². The Morgan fingerprint density at radius 1 is 1.30 bits per heavy atom. The normalized spacial score (nSPS) is 27.2. The van der Waals surface area contributed by atoms with E-state index in [0.29, 0.717) is 16.1 Å².